The van der Waals surface area contributed by atoms with Crippen molar-refractivity contribution >= 4 is 23.5 Å². The van der Waals surface area contributed by atoms with Gasteiger partial charge in [-0.1, -0.05) is 0 Å². The highest BCUT2D eigenvalue weighted by Crippen LogP contribution is 1.94. The molecule has 0 fully saturated rings. The number of furan rings is 1. The summed E-state index contributed by atoms with van der Waals surface area (Å²) in [6, 6.07) is 3.60. The Morgan fingerprint density at radius 1 is 1.69 bits per heavy atom. The lowest BCUT2D eigenvalue weighted by Crippen LogP contribution is -2.33. The van der Waals surface area contributed by atoms with Gasteiger partial charge >= 0.3 is 0 Å². The van der Waals surface area contributed by atoms with E-state index in [1.807, 2.05) is 0 Å². The van der Waals surface area contributed by atoms with Crippen LogP contribution in [0.2, 0.25) is 0 Å². The van der Waals surface area contributed by atoms with E-state index >= 15 is 0 Å². The number of rotatable bonds is 6. The minimum absolute atomic E-state index is 0.485. The Hall–Kier alpha value is -1.40. The Bertz CT molecular complexity index is 325. The molecule has 1 rings (SSSR count). The van der Waals surface area contributed by atoms with E-state index in [2.05, 4.69) is 15.8 Å². The fourth-order valence-corrected chi connectivity index (χ4v) is 1.13. The third-order valence-electron chi connectivity index (χ3n) is 1.71. The van der Waals surface area contributed by atoms with Crippen molar-refractivity contribution in [3.05, 3.63) is 24.2 Å². The fourth-order valence-electron chi connectivity index (χ4n) is 0.977. The molecule has 0 aliphatic carbocycles. The Balaban J connectivity index is 2.10. The van der Waals surface area contributed by atoms with E-state index in [9.17, 15) is 0 Å². The first-order valence-electron chi connectivity index (χ1n) is 4.92. The summed E-state index contributed by atoms with van der Waals surface area (Å²) < 4.78 is 9.97. The molecule has 1 aromatic rings. The van der Waals surface area contributed by atoms with E-state index in [1.165, 1.54) is 0 Å². The maximum Gasteiger partial charge on any atom is 0.186 e. The second-order valence-electron chi connectivity index (χ2n) is 2.99. The molecule has 0 aliphatic heterocycles. The number of thiocarbonyl (C=S) groups is 1. The fraction of sp³-hybridized carbons (Fsp3) is 0.400. The number of ether oxygens (including phenoxy) is 1. The minimum atomic E-state index is 0.485. The van der Waals surface area contributed by atoms with Gasteiger partial charge in [0.1, 0.15) is 5.76 Å². The van der Waals surface area contributed by atoms with E-state index in [1.54, 1.807) is 31.7 Å². The average Bonchev–Trinajstić information content (AvgIpc) is 2.77. The highest BCUT2D eigenvalue weighted by molar-refractivity contribution is 7.80. The second kappa shape index (κ2) is 7.84. The van der Waals surface area contributed by atoms with Crippen molar-refractivity contribution in [1.29, 1.82) is 0 Å². The Labute approximate surface area is 99.9 Å². The zero-order valence-corrected chi connectivity index (χ0v) is 9.92. The Morgan fingerprint density at radius 2 is 2.56 bits per heavy atom. The van der Waals surface area contributed by atoms with Crippen molar-refractivity contribution in [3.63, 3.8) is 0 Å². The summed E-state index contributed by atoms with van der Waals surface area (Å²) in [5.41, 5.74) is 2.69. The van der Waals surface area contributed by atoms with E-state index in [-0.39, 0.29) is 0 Å². The molecule has 5 nitrogen and oxygen atoms in total. The van der Waals surface area contributed by atoms with Gasteiger partial charge in [-0.25, -0.2) is 0 Å². The van der Waals surface area contributed by atoms with Gasteiger partial charge in [0.15, 0.2) is 5.11 Å². The summed E-state index contributed by atoms with van der Waals surface area (Å²) in [5, 5.41) is 7.39. The topological polar surface area (TPSA) is 58.8 Å². The molecular formula is C10H15N3O2S. The van der Waals surface area contributed by atoms with Gasteiger partial charge in [0, 0.05) is 20.3 Å². The molecule has 0 radical (unpaired) electrons. The van der Waals surface area contributed by atoms with Gasteiger partial charge in [-0.05, 0) is 30.8 Å². The lowest BCUT2D eigenvalue weighted by molar-refractivity contribution is 0.195. The molecule has 0 saturated carbocycles. The first-order chi connectivity index (χ1) is 7.83. The first-order valence-corrected chi connectivity index (χ1v) is 5.33. The SMILES string of the molecule is COCCCNC(=S)N/N=C\c1ccco1. The molecule has 0 aromatic carbocycles. The molecule has 16 heavy (non-hydrogen) atoms. The highest BCUT2D eigenvalue weighted by atomic mass is 32.1. The van der Waals surface area contributed by atoms with Crippen LogP contribution >= 0.6 is 12.2 Å². The third kappa shape index (κ3) is 5.47. The monoisotopic (exact) mass is 241 g/mol. The maximum atomic E-state index is 5.06. The highest BCUT2D eigenvalue weighted by Gasteiger charge is 1.92. The predicted molar refractivity (Wildman–Crippen MR) is 66.5 cm³/mol. The Morgan fingerprint density at radius 3 is 3.25 bits per heavy atom. The van der Waals surface area contributed by atoms with Crippen molar-refractivity contribution in [2.75, 3.05) is 20.3 Å². The molecule has 0 atom stereocenters. The zero-order valence-electron chi connectivity index (χ0n) is 9.10. The van der Waals surface area contributed by atoms with Gasteiger partial charge in [0.25, 0.3) is 0 Å². The number of methoxy groups -OCH3 is 1. The largest absolute Gasteiger partial charge is 0.463 e. The quantitative estimate of drug-likeness (QED) is 0.338. The van der Waals surface area contributed by atoms with Crippen LogP contribution in [0.4, 0.5) is 0 Å². The normalized spacial score (nSPS) is 10.6. The zero-order chi connectivity index (χ0) is 11.6. The van der Waals surface area contributed by atoms with Crippen LogP contribution in [-0.4, -0.2) is 31.6 Å². The van der Waals surface area contributed by atoms with E-state index < -0.39 is 0 Å². The average molecular weight is 241 g/mol. The summed E-state index contributed by atoms with van der Waals surface area (Å²) in [6.07, 6.45) is 4.05. The van der Waals surface area contributed by atoms with Crippen LogP contribution in [0.15, 0.2) is 27.9 Å². The second-order valence-corrected chi connectivity index (χ2v) is 3.40. The maximum absolute atomic E-state index is 5.06. The predicted octanol–water partition coefficient (Wildman–Crippen LogP) is 1.11. The van der Waals surface area contributed by atoms with Gasteiger partial charge in [0.2, 0.25) is 0 Å². The van der Waals surface area contributed by atoms with Crippen LogP contribution in [0.5, 0.6) is 0 Å². The van der Waals surface area contributed by atoms with E-state index in [0.717, 1.165) is 13.0 Å². The number of hydrogen-bond acceptors (Lipinski definition) is 4. The standard InChI is InChI=1S/C10H15N3O2S/c1-14-6-3-5-11-10(16)13-12-8-9-4-2-7-15-9/h2,4,7-8H,3,5-6H2,1H3,(H2,11,13,16)/b12-8-. The first kappa shape index (κ1) is 12.7. The lowest BCUT2D eigenvalue weighted by atomic mass is 10.4. The summed E-state index contributed by atoms with van der Waals surface area (Å²) in [7, 11) is 1.67. The molecule has 1 aromatic heterocycles. The van der Waals surface area contributed by atoms with Gasteiger partial charge in [-0.15, -0.1) is 0 Å². The van der Waals surface area contributed by atoms with Crippen molar-refractivity contribution in [2.45, 2.75) is 6.42 Å². The van der Waals surface area contributed by atoms with Crippen molar-refractivity contribution in [3.8, 4) is 0 Å². The van der Waals surface area contributed by atoms with Gasteiger partial charge in [-0.2, -0.15) is 5.10 Å². The van der Waals surface area contributed by atoms with Crippen LogP contribution < -0.4 is 10.7 Å². The number of hydrazone groups is 1. The minimum Gasteiger partial charge on any atom is -0.463 e. The third-order valence-corrected chi connectivity index (χ3v) is 1.95. The van der Waals surface area contributed by atoms with Gasteiger partial charge in [-0.3, -0.25) is 5.43 Å². The molecule has 0 aliphatic rings. The number of nitrogens with zero attached hydrogens (tertiary/aromatic N) is 1. The summed E-state index contributed by atoms with van der Waals surface area (Å²) in [5.74, 6) is 0.676. The molecule has 88 valence electrons. The number of hydrogen-bond donors (Lipinski definition) is 2. The molecule has 0 amide bonds. The van der Waals surface area contributed by atoms with Gasteiger partial charge in [0.05, 0.1) is 12.5 Å². The molecule has 0 bridgehead atoms. The molecule has 2 N–H and O–H groups in total. The van der Waals surface area contributed by atoms with Crippen LogP contribution in [-0.2, 0) is 4.74 Å². The van der Waals surface area contributed by atoms with Crippen molar-refractivity contribution in [1.82, 2.24) is 10.7 Å². The van der Waals surface area contributed by atoms with E-state index in [0.29, 0.717) is 17.5 Å². The van der Waals surface area contributed by atoms with Crippen LogP contribution in [0.1, 0.15) is 12.2 Å². The number of nitrogens with one attached hydrogen (secondary N) is 2. The summed E-state index contributed by atoms with van der Waals surface area (Å²) in [6.45, 7) is 1.47. The molecule has 6 heteroatoms. The summed E-state index contributed by atoms with van der Waals surface area (Å²) in [4.78, 5) is 0. The summed E-state index contributed by atoms with van der Waals surface area (Å²) >= 11 is 4.99. The van der Waals surface area contributed by atoms with Gasteiger partial charge < -0.3 is 14.5 Å². The molecule has 0 unspecified atom stereocenters. The smallest absolute Gasteiger partial charge is 0.186 e. The molecule has 1 heterocycles. The lowest BCUT2D eigenvalue weighted by Gasteiger charge is -2.05. The van der Waals surface area contributed by atoms with Crippen LogP contribution in [0.25, 0.3) is 0 Å². The molecule has 0 spiro atoms. The van der Waals surface area contributed by atoms with E-state index in [4.69, 9.17) is 21.4 Å². The van der Waals surface area contributed by atoms with Crippen LogP contribution in [0, 0.1) is 0 Å². The van der Waals surface area contributed by atoms with Crippen LogP contribution in [0.3, 0.4) is 0 Å². The van der Waals surface area contributed by atoms with Crippen molar-refractivity contribution < 1.29 is 9.15 Å². The Kier molecular flexibility index (Phi) is 6.20. The van der Waals surface area contributed by atoms with Crippen molar-refractivity contribution in [2.24, 2.45) is 5.10 Å². The molecular weight excluding hydrogens is 226 g/mol. The molecule has 0 saturated heterocycles.